The SMILES string of the molecule is O=C(c1cccc(S(=O)(=O)N2CCN(Cc3ccccc3)CC2)c1)N1CCCCC1. The second-order valence-electron chi connectivity index (χ2n) is 8.05. The van der Waals surface area contributed by atoms with E-state index in [1.807, 2.05) is 23.1 Å². The van der Waals surface area contributed by atoms with Crippen LogP contribution in [0, 0.1) is 0 Å². The Morgan fingerprint density at radius 3 is 2.20 bits per heavy atom. The molecule has 0 aromatic heterocycles. The van der Waals surface area contributed by atoms with E-state index in [0.717, 1.165) is 38.9 Å². The monoisotopic (exact) mass is 427 g/mol. The predicted molar refractivity (Wildman–Crippen MR) is 117 cm³/mol. The molecule has 2 aromatic rings. The molecular formula is C23H29N3O3S. The number of sulfonamides is 1. The number of carbonyl (C=O) groups is 1. The zero-order chi connectivity index (χ0) is 21.0. The van der Waals surface area contributed by atoms with E-state index in [2.05, 4.69) is 17.0 Å². The zero-order valence-corrected chi connectivity index (χ0v) is 18.1. The number of hydrogen-bond donors (Lipinski definition) is 0. The molecule has 30 heavy (non-hydrogen) atoms. The minimum absolute atomic E-state index is 0.0700. The fourth-order valence-electron chi connectivity index (χ4n) is 4.19. The highest BCUT2D eigenvalue weighted by atomic mass is 32.2. The summed E-state index contributed by atoms with van der Waals surface area (Å²) in [5.74, 6) is -0.0700. The molecule has 2 fully saturated rings. The fraction of sp³-hybridized carbons (Fsp3) is 0.435. The van der Waals surface area contributed by atoms with E-state index in [1.165, 1.54) is 5.56 Å². The summed E-state index contributed by atoms with van der Waals surface area (Å²) in [6.07, 6.45) is 3.17. The average Bonchev–Trinajstić information content (AvgIpc) is 2.80. The van der Waals surface area contributed by atoms with Crippen molar-refractivity contribution in [1.29, 1.82) is 0 Å². The van der Waals surface area contributed by atoms with Crippen LogP contribution in [0.4, 0.5) is 0 Å². The lowest BCUT2D eigenvalue weighted by molar-refractivity contribution is 0.0724. The molecule has 2 aromatic carbocycles. The second kappa shape index (κ2) is 9.29. The van der Waals surface area contributed by atoms with Gasteiger partial charge in [-0.15, -0.1) is 0 Å². The summed E-state index contributed by atoms with van der Waals surface area (Å²) in [6.45, 7) is 4.63. The highest BCUT2D eigenvalue weighted by Crippen LogP contribution is 2.21. The number of hydrogen-bond acceptors (Lipinski definition) is 4. The molecule has 0 atom stereocenters. The van der Waals surface area contributed by atoms with Gasteiger partial charge >= 0.3 is 0 Å². The molecule has 160 valence electrons. The zero-order valence-electron chi connectivity index (χ0n) is 17.2. The molecule has 4 rings (SSSR count). The van der Waals surface area contributed by atoms with E-state index in [9.17, 15) is 13.2 Å². The number of benzene rings is 2. The van der Waals surface area contributed by atoms with Gasteiger partial charge in [0, 0.05) is 51.4 Å². The minimum Gasteiger partial charge on any atom is -0.339 e. The van der Waals surface area contributed by atoms with Gasteiger partial charge in [0.2, 0.25) is 10.0 Å². The fourth-order valence-corrected chi connectivity index (χ4v) is 5.66. The second-order valence-corrected chi connectivity index (χ2v) is 9.98. The number of amides is 1. The third-order valence-electron chi connectivity index (χ3n) is 5.94. The molecule has 0 aliphatic carbocycles. The molecule has 2 aliphatic heterocycles. The molecule has 0 bridgehead atoms. The maximum Gasteiger partial charge on any atom is 0.253 e. The molecule has 2 saturated heterocycles. The van der Waals surface area contributed by atoms with Gasteiger partial charge in [0.1, 0.15) is 0 Å². The van der Waals surface area contributed by atoms with Crippen molar-refractivity contribution in [2.24, 2.45) is 0 Å². The topological polar surface area (TPSA) is 60.9 Å². The molecule has 1 amide bonds. The van der Waals surface area contributed by atoms with Crippen molar-refractivity contribution in [3.8, 4) is 0 Å². The summed E-state index contributed by atoms with van der Waals surface area (Å²) >= 11 is 0. The molecule has 2 heterocycles. The van der Waals surface area contributed by atoms with Crippen LogP contribution < -0.4 is 0 Å². The highest BCUT2D eigenvalue weighted by molar-refractivity contribution is 7.89. The number of piperazine rings is 1. The number of piperidine rings is 1. The lowest BCUT2D eigenvalue weighted by Gasteiger charge is -2.34. The van der Waals surface area contributed by atoms with Crippen molar-refractivity contribution >= 4 is 15.9 Å². The number of rotatable bonds is 5. The molecule has 0 radical (unpaired) electrons. The summed E-state index contributed by atoms with van der Waals surface area (Å²) in [7, 11) is -3.61. The third-order valence-corrected chi connectivity index (χ3v) is 7.84. The van der Waals surface area contributed by atoms with Crippen LogP contribution in [0.5, 0.6) is 0 Å². The summed E-state index contributed by atoms with van der Waals surface area (Å²) in [6, 6.07) is 16.8. The lowest BCUT2D eigenvalue weighted by Crippen LogP contribution is -2.48. The van der Waals surface area contributed by atoms with Gasteiger partial charge in [-0.25, -0.2) is 8.42 Å². The third kappa shape index (κ3) is 4.74. The molecular weight excluding hydrogens is 398 g/mol. The number of nitrogens with zero attached hydrogens (tertiary/aromatic N) is 3. The van der Waals surface area contributed by atoms with E-state index >= 15 is 0 Å². The maximum absolute atomic E-state index is 13.2. The largest absolute Gasteiger partial charge is 0.339 e. The molecule has 0 saturated carbocycles. The van der Waals surface area contributed by atoms with Crippen molar-refractivity contribution in [3.05, 3.63) is 65.7 Å². The Morgan fingerprint density at radius 2 is 1.50 bits per heavy atom. The molecule has 7 heteroatoms. The van der Waals surface area contributed by atoms with E-state index in [-0.39, 0.29) is 10.8 Å². The molecule has 0 spiro atoms. The summed E-state index contributed by atoms with van der Waals surface area (Å²) < 4.78 is 27.9. The molecule has 2 aliphatic rings. The van der Waals surface area contributed by atoms with E-state index in [1.54, 1.807) is 28.6 Å². The predicted octanol–water partition coefficient (Wildman–Crippen LogP) is 2.82. The Morgan fingerprint density at radius 1 is 0.800 bits per heavy atom. The van der Waals surface area contributed by atoms with Crippen LogP contribution in [0.3, 0.4) is 0 Å². The summed E-state index contributed by atoms with van der Waals surface area (Å²) in [5.41, 5.74) is 1.69. The van der Waals surface area contributed by atoms with E-state index in [0.29, 0.717) is 31.7 Å². The van der Waals surface area contributed by atoms with Crippen LogP contribution in [0.15, 0.2) is 59.5 Å². The van der Waals surface area contributed by atoms with Gasteiger partial charge in [0.05, 0.1) is 4.90 Å². The van der Waals surface area contributed by atoms with E-state index in [4.69, 9.17) is 0 Å². The molecule has 6 nitrogen and oxygen atoms in total. The van der Waals surface area contributed by atoms with Gasteiger partial charge in [-0.05, 0) is 43.0 Å². The van der Waals surface area contributed by atoms with Crippen LogP contribution in [-0.2, 0) is 16.6 Å². The molecule has 0 unspecified atom stereocenters. The normalized spacial score (nSPS) is 19.0. The first-order valence-corrected chi connectivity index (χ1v) is 12.1. The Kier molecular flexibility index (Phi) is 6.51. The van der Waals surface area contributed by atoms with Crippen LogP contribution >= 0.6 is 0 Å². The van der Waals surface area contributed by atoms with Crippen LogP contribution in [0.25, 0.3) is 0 Å². The van der Waals surface area contributed by atoms with Crippen molar-refractivity contribution in [2.75, 3.05) is 39.3 Å². The van der Waals surface area contributed by atoms with Crippen LogP contribution in [0.2, 0.25) is 0 Å². The van der Waals surface area contributed by atoms with Gasteiger partial charge < -0.3 is 4.90 Å². The summed E-state index contributed by atoms with van der Waals surface area (Å²) in [4.78, 5) is 17.1. The van der Waals surface area contributed by atoms with Crippen molar-refractivity contribution < 1.29 is 13.2 Å². The Balaban J connectivity index is 1.42. The van der Waals surface area contributed by atoms with Gasteiger partial charge in [0.25, 0.3) is 5.91 Å². The molecule has 0 N–H and O–H groups in total. The average molecular weight is 428 g/mol. The highest BCUT2D eigenvalue weighted by Gasteiger charge is 2.29. The van der Waals surface area contributed by atoms with Crippen molar-refractivity contribution in [3.63, 3.8) is 0 Å². The lowest BCUT2D eigenvalue weighted by atomic mass is 10.1. The Bertz CT molecular complexity index is 964. The smallest absolute Gasteiger partial charge is 0.253 e. The Hall–Kier alpha value is -2.22. The first-order valence-electron chi connectivity index (χ1n) is 10.7. The summed E-state index contributed by atoms with van der Waals surface area (Å²) in [5, 5.41) is 0. The van der Waals surface area contributed by atoms with Gasteiger partial charge in [-0.1, -0.05) is 36.4 Å². The van der Waals surface area contributed by atoms with Crippen molar-refractivity contribution in [1.82, 2.24) is 14.1 Å². The first kappa shape index (κ1) is 21.0. The maximum atomic E-state index is 13.2. The van der Waals surface area contributed by atoms with Crippen LogP contribution in [-0.4, -0.2) is 67.7 Å². The van der Waals surface area contributed by atoms with Gasteiger partial charge in [-0.2, -0.15) is 4.31 Å². The number of likely N-dealkylation sites (tertiary alicyclic amines) is 1. The quantitative estimate of drug-likeness (QED) is 0.736. The van der Waals surface area contributed by atoms with Crippen molar-refractivity contribution in [2.45, 2.75) is 30.7 Å². The van der Waals surface area contributed by atoms with Crippen LogP contribution in [0.1, 0.15) is 35.2 Å². The minimum atomic E-state index is -3.61. The van der Waals surface area contributed by atoms with Gasteiger partial charge in [0.15, 0.2) is 0 Å². The van der Waals surface area contributed by atoms with E-state index < -0.39 is 10.0 Å². The first-order chi connectivity index (χ1) is 14.5. The van der Waals surface area contributed by atoms with Gasteiger partial charge in [-0.3, -0.25) is 9.69 Å². The Labute approximate surface area is 179 Å². The standard InChI is InChI=1S/C23H29N3O3S/c27-23(25-12-5-2-6-13-25)21-10-7-11-22(18-21)30(28,29)26-16-14-24(15-17-26)19-20-8-3-1-4-9-20/h1,3-4,7-11,18H,2,5-6,12-17,19H2. The number of carbonyl (C=O) groups excluding carboxylic acids is 1.